The van der Waals surface area contributed by atoms with Crippen molar-refractivity contribution in [2.45, 2.75) is 51.8 Å². The topological polar surface area (TPSA) is 60.8 Å². The van der Waals surface area contributed by atoms with E-state index in [0.717, 1.165) is 6.54 Å². The molecule has 2 N–H and O–H groups in total. The second-order valence-corrected chi connectivity index (χ2v) is 4.63. The van der Waals surface area contributed by atoms with Gasteiger partial charge in [0.25, 0.3) is 0 Å². The second-order valence-electron chi connectivity index (χ2n) is 4.63. The fourth-order valence-electron chi connectivity index (χ4n) is 2.30. The molecule has 0 aromatic carbocycles. The van der Waals surface area contributed by atoms with Gasteiger partial charge in [-0.15, -0.1) is 0 Å². The first-order chi connectivity index (χ1) is 6.93. The van der Waals surface area contributed by atoms with E-state index in [1.54, 1.807) is 6.92 Å². The van der Waals surface area contributed by atoms with E-state index in [1.807, 2.05) is 13.8 Å². The molecule has 4 atom stereocenters. The van der Waals surface area contributed by atoms with Crippen molar-refractivity contribution in [3.8, 4) is 0 Å². The number of piperidine rings is 1. The van der Waals surface area contributed by atoms with Crippen LogP contribution in [0, 0.1) is 5.92 Å². The van der Waals surface area contributed by atoms with Gasteiger partial charge in [0.1, 0.15) is 0 Å². The van der Waals surface area contributed by atoms with Crippen LogP contribution in [0.1, 0.15) is 33.6 Å². The zero-order chi connectivity index (χ0) is 11.6. The highest BCUT2D eigenvalue weighted by Crippen LogP contribution is 2.25. The minimum absolute atomic E-state index is 0.106. The minimum Gasteiger partial charge on any atom is -0.481 e. The Labute approximate surface area is 90.9 Å². The molecular formula is C11H21NO3. The zero-order valence-electron chi connectivity index (χ0n) is 9.68. The summed E-state index contributed by atoms with van der Waals surface area (Å²) in [5, 5.41) is 18.4. The summed E-state index contributed by atoms with van der Waals surface area (Å²) in [7, 11) is 0. The van der Waals surface area contributed by atoms with Crippen LogP contribution in [-0.4, -0.2) is 45.8 Å². The van der Waals surface area contributed by atoms with Crippen molar-refractivity contribution in [2.24, 2.45) is 5.92 Å². The predicted octanol–water partition coefficient (Wildman–Crippen LogP) is 0.941. The summed E-state index contributed by atoms with van der Waals surface area (Å²) < 4.78 is 0. The molecule has 1 saturated heterocycles. The van der Waals surface area contributed by atoms with E-state index in [0.29, 0.717) is 12.8 Å². The fourth-order valence-corrected chi connectivity index (χ4v) is 2.30. The highest BCUT2D eigenvalue weighted by atomic mass is 16.4. The monoisotopic (exact) mass is 215 g/mol. The van der Waals surface area contributed by atoms with Gasteiger partial charge in [-0.25, -0.2) is 0 Å². The number of nitrogens with zero attached hydrogens (tertiary/aromatic N) is 1. The third-order valence-electron chi connectivity index (χ3n) is 3.50. The maximum Gasteiger partial charge on any atom is 0.306 e. The molecule has 88 valence electrons. The molecule has 0 aliphatic carbocycles. The number of aliphatic carboxylic acids is 1. The van der Waals surface area contributed by atoms with Crippen molar-refractivity contribution in [3.63, 3.8) is 0 Å². The van der Waals surface area contributed by atoms with Crippen LogP contribution in [0.4, 0.5) is 0 Å². The van der Waals surface area contributed by atoms with Crippen LogP contribution in [0.2, 0.25) is 0 Å². The van der Waals surface area contributed by atoms with Gasteiger partial charge >= 0.3 is 5.97 Å². The van der Waals surface area contributed by atoms with Crippen LogP contribution in [0.3, 0.4) is 0 Å². The average Bonchev–Trinajstić information content (AvgIpc) is 2.16. The molecule has 0 aromatic rings. The minimum atomic E-state index is -0.689. The van der Waals surface area contributed by atoms with Crippen LogP contribution in [0.5, 0.6) is 0 Å². The van der Waals surface area contributed by atoms with Crippen LogP contribution in [0.25, 0.3) is 0 Å². The van der Waals surface area contributed by atoms with Crippen LogP contribution in [0.15, 0.2) is 0 Å². The summed E-state index contributed by atoms with van der Waals surface area (Å²) in [6, 6.07) is 0.346. The van der Waals surface area contributed by atoms with Crippen LogP contribution in [-0.2, 0) is 4.79 Å². The summed E-state index contributed by atoms with van der Waals surface area (Å²) >= 11 is 0. The number of aliphatic hydroxyl groups is 1. The van der Waals surface area contributed by atoms with Crippen molar-refractivity contribution >= 4 is 5.97 Å². The zero-order valence-corrected chi connectivity index (χ0v) is 9.68. The van der Waals surface area contributed by atoms with E-state index in [-0.39, 0.29) is 24.1 Å². The van der Waals surface area contributed by atoms with Gasteiger partial charge in [0.15, 0.2) is 0 Å². The van der Waals surface area contributed by atoms with Crippen LogP contribution >= 0.6 is 0 Å². The Morgan fingerprint density at radius 1 is 1.47 bits per heavy atom. The molecule has 4 heteroatoms. The second kappa shape index (κ2) is 4.94. The third-order valence-corrected chi connectivity index (χ3v) is 3.50. The maximum absolute atomic E-state index is 10.8. The first-order valence-electron chi connectivity index (χ1n) is 5.60. The number of aliphatic hydroxyl groups excluding tert-OH is 1. The average molecular weight is 215 g/mol. The van der Waals surface area contributed by atoms with E-state index < -0.39 is 5.97 Å². The molecule has 0 aromatic heterocycles. The first-order valence-corrected chi connectivity index (χ1v) is 5.60. The highest BCUT2D eigenvalue weighted by Gasteiger charge is 2.32. The Kier molecular flexibility index (Phi) is 4.11. The van der Waals surface area contributed by atoms with Gasteiger partial charge in [0.2, 0.25) is 0 Å². The molecule has 0 spiro atoms. The van der Waals surface area contributed by atoms with E-state index in [4.69, 9.17) is 5.11 Å². The Bertz CT molecular complexity index is 230. The molecule has 4 nitrogen and oxygen atoms in total. The van der Waals surface area contributed by atoms with Gasteiger partial charge in [0, 0.05) is 12.1 Å². The summed E-state index contributed by atoms with van der Waals surface area (Å²) in [4.78, 5) is 13.0. The molecule has 1 fully saturated rings. The molecule has 1 aliphatic rings. The van der Waals surface area contributed by atoms with Crippen molar-refractivity contribution in [2.75, 3.05) is 6.54 Å². The lowest BCUT2D eigenvalue weighted by Gasteiger charge is -2.41. The molecule has 1 rings (SSSR count). The highest BCUT2D eigenvalue weighted by molar-refractivity contribution is 5.70. The van der Waals surface area contributed by atoms with Gasteiger partial charge in [-0.3, -0.25) is 9.69 Å². The molecule has 4 unspecified atom stereocenters. The van der Waals surface area contributed by atoms with Crippen molar-refractivity contribution in [1.29, 1.82) is 0 Å². The number of carboxylic acid groups (broad SMARTS) is 1. The Hall–Kier alpha value is -0.610. The third kappa shape index (κ3) is 2.92. The molecule has 1 aliphatic heterocycles. The van der Waals surface area contributed by atoms with E-state index in [9.17, 15) is 9.90 Å². The molecule has 15 heavy (non-hydrogen) atoms. The van der Waals surface area contributed by atoms with Crippen molar-refractivity contribution in [1.82, 2.24) is 4.90 Å². The molecule has 0 amide bonds. The molecule has 0 radical (unpaired) electrons. The van der Waals surface area contributed by atoms with E-state index in [1.165, 1.54) is 0 Å². The van der Waals surface area contributed by atoms with Crippen LogP contribution < -0.4 is 0 Å². The number of carboxylic acids is 1. The lowest BCUT2D eigenvalue weighted by atomic mass is 9.90. The Morgan fingerprint density at radius 2 is 2.07 bits per heavy atom. The smallest absolute Gasteiger partial charge is 0.306 e. The van der Waals surface area contributed by atoms with Gasteiger partial charge < -0.3 is 10.2 Å². The van der Waals surface area contributed by atoms with Crippen molar-refractivity contribution in [3.05, 3.63) is 0 Å². The van der Waals surface area contributed by atoms with E-state index in [2.05, 4.69) is 4.90 Å². The quantitative estimate of drug-likeness (QED) is 0.735. The Balaban J connectivity index is 2.56. The van der Waals surface area contributed by atoms with Gasteiger partial charge in [-0.2, -0.15) is 0 Å². The fraction of sp³-hybridized carbons (Fsp3) is 0.909. The maximum atomic E-state index is 10.8. The molecule has 0 saturated carbocycles. The summed E-state index contributed by atoms with van der Waals surface area (Å²) in [6.07, 6.45) is 1.01. The number of hydrogen-bond donors (Lipinski definition) is 2. The first kappa shape index (κ1) is 12.5. The normalized spacial score (nSPS) is 32.3. The Morgan fingerprint density at radius 3 is 2.47 bits per heavy atom. The number of likely N-dealkylation sites (tertiary alicyclic amines) is 1. The predicted molar refractivity (Wildman–Crippen MR) is 57.7 cm³/mol. The lowest BCUT2D eigenvalue weighted by Crippen LogP contribution is -2.50. The van der Waals surface area contributed by atoms with E-state index >= 15 is 0 Å². The standard InChI is InChI=1S/C11H21NO3/c1-7-6-10(11(14)15)4-5-12(7)8(2)9(3)13/h7-10,13H,4-6H2,1-3H3,(H,14,15). The summed E-state index contributed by atoms with van der Waals surface area (Å²) in [5.41, 5.74) is 0. The van der Waals surface area contributed by atoms with Gasteiger partial charge in [0.05, 0.1) is 12.0 Å². The number of carbonyl (C=O) groups is 1. The summed E-state index contributed by atoms with van der Waals surface area (Å²) in [6.45, 7) is 6.57. The number of hydrogen-bond acceptors (Lipinski definition) is 3. The van der Waals surface area contributed by atoms with Gasteiger partial charge in [-0.05, 0) is 40.2 Å². The summed E-state index contributed by atoms with van der Waals surface area (Å²) in [5.74, 6) is -0.899. The largest absolute Gasteiger partial charge is 0.481 e. The molecule has 1 heterocycles. The lowest BCUT2D eigenvalue weighted by molar-refractivity contribution is -0.144. The van der Waals surface area contributed by atoms with Crippen molar-refractivity contribution < 1.29 is 15.0 Å². The number of rotatable bonds is 3. The molecule has 0 bridgehead atoms. The van der Waals surface area contributed by atoms with Gasteiger partial charge in [-0.1, -0.05) is 0 Å². The molecular weight excluding hydrogens is 194 g/mol. The SMILES string of the molecule is CC(O)C(C)N1CCC(C(=O)O)CC1C.